The topological polar surface area (TPSA) is 81.9 Å². The molecule has 1 fully saturated rings. The molecule has 110 valence electrons. The molecule has 1 N–H and O–H groups in total. The Morgan fingerprint density at radius 2 is 2.33 bits per heavy atom. The molecule has 0 radical (unpaired) electrons. The van der Waals surface area contributed by atoms with Gasteiger partial charge in [0.05, 0.1) is 11.6 Å². The second-order valence-electron chi connectivity index (χ2n) is 4.95. The van der Waals surface area contributed by atoms with Crippen LogP contribution in [0.15, 0.2) is 18.2 Å². The molecule has 0 spiro atoms. The summed E-state index contributed by atoms with van der Waals surface area (Å²) in [5, 5.41) is 13.8. The Morgan fingerprint density at radius 3 is 3.00 bits per heavy atom. The van der Waals surface area contributed by atoms with Crippen LogP contribution in [0, 0.1) is 5.92 Å². The van der Waals surface area contributed by atoms with Gasteiger partial charge in [-0.2, -0.15) is 0 Å². The maximum absolute atomic E-state index is 12.4. The van der Waals surface area contributed by atoms with Crippen LogP contribution in [0.25, 0.3) is 0 Å². The van der Waals surface area contributed by atoms with Crippen LogP contribution in [0.4, 0.5) is 5.95 Å². The van der Waals surface area contributed by atoms with Gasteiger partial charge in [-0.05, 0) is 41.3 Å². The summed E-state index contributed by atoms with van der Waals surface area (Å²) < 4.78 is 7.07. The quantitative estimate of drug-likeness (QED) is 0.912. The number of benzene rings is 1. The first-order valence-corrected chi connectivity index (χ1v) is 6.98. The highest BCUT2D eigenvalue weighted by Gasteiger charge is 2.24. The standard InChI is InChI=1S/C13H14ClN5O2/c1-19-13(16-17-18-19)15-12(20)11-9(14)3-2-4-10(11)21-7-8-5-6-8/h2-4,8H,5-7H2,1H3,(H,15,16,18,20). The highest BCUT2D eigenvalue weighted by atomic mass is 35.5. The fraction of sp³-hybridized carbons (Fsp3) is 0.385. The first kappa shape index (κ1) is 13.8. The number of tetrazole rings is 1. The molecule has 0 unspecified atom stereocenters. The lowest BCUT2D eigenvalue weighted by Crippen LogP contribution is -2.17. The lowest BCUT2D eigenvalue weighted by Gasteiger charge is -2.12. The van der Waals surface area contributed by atoms with E-state index in [0.29, 0.717) is 28.9 Å². The van der Waals surface area contributed by atoms with Crippen LogP contribution in [0.1, 0.15) is 23.2 Å². The molecule has 1 aliphatic rings. The molecular weight excluding hydrogens is 294 g/mol. The average molecular weight is 308 g/mol. The van der Waals surface area contributed by atoms with Gasteiger partial charge in [0.15, 0.2) is 0 Å². The number of aromatic nitrogens is 4. The first-order chi connectivity index (χ1) is 10.1. The first-order valence-electron chi connectivity index (χ1n) is 6.60. The SMILES string of the molecule is Cn1nnnc1NC(=O)c1c(Cl)cccc1OCC1CC1. The molecule has 1 saturated carbocycles. The van der Waals surface area contributed by atoms with Gasteiger partial charge in [0.1, 0.15) is 11.3 Å². The molecule has 2 aromatic rings. The second-order valence-corrected chi connectivity index (χ2v) is 5.35. The van der Waals surface area contributed by atoms with E-state index in [9.17, 15) is 4.79 Å². The fourth-order valence-corrected chi connectivity index (χ4v) is 2.09. The lowest BCUT2D eigenvalue weighted by molar-refractivity contribution is 0.102. The minimum Gasteiger partial charge on any atom is -0.492 e. The number of amides is 1. The van der Waals surface area contributed by atoms with Gasteiger partial charge in [0, 0.05) is 7.05 Å². The molecule has 1 amide bonds. The van der Waals surface area contributed by atoms with E-state index < -0.39 is 5.91 Å². The molecule has 3 rings (SSSR count). The predicted octanol–water partition coefficient (Wildman–Crippen LogP) is 1.90. The van der Waals surface area contributed by atoms with Crippen LogP contribution in [0.5, 0.6) is 5.75 Å². The van der Waals surface area contributed by atoms with Gasteiger partial charge in [-0.3, -0.25) is 10.1 Å². The van der Waals surface area contributed by atoms with E-state index >= 15 is 0 Å². The van der Waals surface area contributed by atoms with Crippen LogP contribution in [0.2, 0.25) is 5.02 Å². The van der Waals surface area contributed by atoms with Crippen LogP contribution >= 0.6 is 11.6 Å². The maximum Gasteiger partial charge on any atom is 0.263 e. The van der Waals surface area contributed by atoms with E-state index in [4.69, 9.17) is 16.3 Å². The molecular formula is C13H14ClN5O2. The summed E-state index contributed by atoms with van der Waals surface area (Å²) in [6, 6.07) is 5.14. The van der Waals surface area contributed by atoms with E-state index in [1.54, 1.807) is 25.2 Å². The van der Waals surface area contributed by atoms with Gasteiger partial charge in [-0.1, -0.05) is 22.8 Å². The summed E-state index contributed by atoms with van der Waals surface area (Å²) in [6.07, 6.45) is 2.35. The van der Waals surface area contributed by atoms with E-state index in [-0.39, 0.29) is 5.95 Å². The van der Waals surface area contributed by atoms with Gasteiger partial charge in [0.25, 0.3) is 5.91 Å². The third-order valence-corrected chi connectivity index (χ3v) is 3.53. The zero-order chi connectivity index (χ0) is 14.8. The molecule has 1 aliphatic carbocycles. The van der Waals surface area contributed by atoms with Crippen molar-refractivity contribution in [2.45, 2.75) is 12.8 Å². The molecule has 0 bridgehead atoms. The Hall–Kier alpha value is -2.15. The molecule has 0 atom stereocenters. The largest absolute Gasteiger partial charge is 0.492 e. The van der Waals surface area contributed by atoms with Crippen LogP contribution in [0.3, 0.4) is 0 Å². The van der Waals surface area contributed by atoms with Crippen molar-refractivity contribution < 1.29 is 9.53 Å². The number of carbonyl (C=O) groups is 1. The van der Waals surface area contributed by atoms with E-state index in [1.165, 1.54) is 17.5 Å². The third kappa shape index (κ3) is 3.13. The monoisotopic (exact) mass is 307 g/mol. The summed E-state index contributed by atoms with van der Waals surface area (Å²) in [5.74, 6) is 0.905. The molecule has 8 heteroatoms. The number of carbonyl (C=O) groups excluding carboxylic acids is 1. The molecule has 1 aromatic heterocycles. The molecule has 7 nitrogen and oxygen atoms in total. The Bertz CT molecular complexity index is 668. The van der Waals surface area contributed by atoms with Crippen molar-refractivity contribution in [2.24, 2.45) is 13.0 Å². The van der Waals surface area contributed by atoms with Crippen molar-refractivity contribution in [3.05, 3.63) is 28.8 Å². The van der Waals surface area contributed by atoms with Crippen LogP contribution in [-0.4, -0.2) is 32.7 Å². The van der Waals surface area contributed by atoms with Gasteiger partial charge < -0.3 is 4.74 Å². The van der Waals surface area contributed by atoms with Crippen molar-refractivity contribution in [3.8, 4) is 5.75 Å². The summed E-state index contributed by atoms with van der Waals surface area (Å²) in [5.41, 5.74) is 0.294. The Kier molecular flexibility index (Phi) is 3.74. The number of hydrogen-bond donors (Lipinski definition) is 1. The Morgan fingerprint density at radius 1 is 1.52 bits per heavy atom. The summed E-state index contributed by atoms with van der Waals surface area (Å²) >= 11 is 6.14. The Labute approximate surface area is 126 Å². The van der Waals surface area contributed by atoms with Crippen LogP contribution < -0.4 is 10.1 Å². The van der Waals surface area contributed by atoms with Crippen molar-refractivity contribution >= 4 is 23.5 Å². The normalized spacial score (nSPS) is 14.0. The number of nitrogens with zero attached hydrogens (tertiary/aromatic N) is 4. The predicted molar refractivity (Wildman–Crippen MR) is 76.4 cm³/mol. The highest BCUT2D eigenvalue weighted by Crippen LogP contribution is 2.32. The maximum atomic E-state index is 12.4. The minimum atomic E-state index is -0.399. The minimum absolute atomic E-state index is 0.244. The number of nitrogens with one attached hydrogen (secondary N) is 1. The van der Waals surface area contributed by atoms with Crippen molar-refractivity contribution in [1.82, 2.24) is 20.2 Å². The number of halogens is 1. The van der Waals surface area contributed by atoms with Crippen LogP contribution in [-0.2, 0) is 7.05 Å². The Balaban J connectivity index is 1.81. The van der Waals surface area contributed by atoms with E-state index in [1.807, 2.05) is 0 Å². The molecule has 1 heterocycles. The van der Waals surface area contributed by atoms with Gasteiger partial charge in [-0.15, -0.1) is 0 Å². The number of anilines is 1. The van der Waals surface area contributed by atoms with Crippen molar-refractivity contribution in [2.75, 3.05) is 11.9 Å². The van der Waals surface area contributed by atoms with Gasteiger partial charge in [-0.25, -0.2) is 4.68 Å². The van der Waals surface area contributed by atoms with E-state index in [0.717, 1.165) is 0 Å². The van der Waals surface area contributed by atoms with Gasteiger partial charge in [0.2, 0.25) is 5.95 Å². The lowest BCUT2D eigenvalue weighted by atomic mass is 10.2. The molecule has 21 heavy (non-hydrogen) atoms. The smallest absolute Gasteiger partial charge is 0.263 e. The van der Waals surface area contributed by atoms with Crippen molar-refractivity contribution in [1.29, 1.82) is 0 Å². The van der Waals surface area contributed by atoms with E-state index in [2.05, 4.69) is 20.8 Å². The number of ether oxygens (including phenoxy) is 1. The van der Waals surface area contributed by atoms with Gasteiger partial charge >= 0.3 is 0 Å². The number of hydrogen-bond acceptors (Lipinski definition) is 5. The summed E-state index contributed by atoms with van der Waals surface area (Å²) in [4.78, 5) is 12.4. The zero-order valence-electron chi connectivity index (χ0n) is 11.4. The second kappa shape index (κ2) is 5.69. The average Bonchev–Trinajstić information content (AvgIpc) is 3.20. The zero-order valence-corrected chi connectivity index (χ0v) is 12.2. The van der Waals surface area contributed by atoms with Crippen molar-refractivity contribution in [3.63, 3.8) is 0 Å². The summed E-state index contributed by atoms with van der Waals surface area (Å²) in [6.45, 7) is 0.603. The highest BCUT2D eigenvalue weighted by molar-refractivity contribution is 6.34. The fourth-order valence-electron chi connectivity index (χ4n) is 1.84. The molecule has 0 saturated heterocycles. The molecule has 1 aromatic carbocycles. The summed E-state index contributed by atoms with van der Waals surface area (Å²) in [7, 11) is 1.63. The number of aryl methyl sites for hydroxylation is 1. The third-order valence-electron chi connectivity index (χ3n) is 3.22. The number of rotatable bonds is 5. The molecule has 0 aliphatic heterocycles.